The number of rotatable bonds is 6. The highest BCUT2D eigenvalue weighted by atomic mass is 32.2. The minimum Gasteiger partial charge on any atom is -0.352 e. The van der Waals surface area contributed by atoms with Crippen LogP contribution in [0.15, 0.2) is 29.2 Å². The second-order valence-electron chi connectivity index (χ2n) is 5.86. The summed E-state index contributed by atoms with van der Waals surface area (Å²) in [7, 11) is -5.57. The molecule has 1 aliphatic rings. The van der Waals surface area contributed by atoms with E-state index in [0.29, 0.717) is 18.5 Å². The number of amides is 1. The average Bonchev–Trinajstić information content (AvgIpc) is 2.91. The summed E-state index contributed by atoms with van der Waals surface area (Å²) in [5.74, 6) is -0.398. The van der Waals surface area contributed by atoms with Crippen molar-refractivity contribution in [2.75, 3.05) is 25.1 Å². The van der Waals surface area contributed by atoms with E-state index >= 15 is 0 Å². The third-order valence-electron chi connectivity index (χ3n) is 4.05. The fourth-order valence-corrected chi connectivity index (χ4v) is 5.80. The van der Waals surface area contributed by atoms with Crippen molar-refractivity contribution >= 4 is 25.8 Å². The monoisotopic (exact) mass is 374 g/mol. The summed E-state index contributed by atoms with van der Waals surface area (Å²) in [6.45, 7) is 2.49. The molecule has 9 heteroatoms. The van der Waals surface area contributed by atoms with Gasteiger partial charge in [0.2, 0.25) is 10.0 Å². The number of carbonyl (C=O) groups is 1. The molecule has 1 N–H and O–H groups in total. The predicted molar refractivity (Wildman–Crippen MR) is 91.1 cm³/mol. The maximum Gasteiger partial charge on any atom is 0.251 e. The smallest absolute Gasteiger partial charge is 0.251 e. The van der Waals surface area contributed by atoms with Gasteiger partial charge in [-0.1, -0.05) is 6.92 Å². The molecule has 0 spiro atoms. The fraction of sp³-hybridized carbons (Fsp3) is 0.533. The van der Waals surface area contributed by atoms with Gasteiger partial charge in [-0.3, -0.25) is 4.79 Å². The number of nitrogens with zero attached hydrogens (tertiary/aromatic N) is 1. The molecule has 0 saturated carbocycles. The van der Waals surface area contributed by atoms with Crippen LogP contribution in [0.1, 0.15) is 30.1 Å². The Morgan fingerprint density at radius 2 is 1.92 bits per heavy atom. The van der Waals surface area contributed by atoms with Crippen LogP contribution < -0.4 is 5.32 Å². The summed E-state index contributed by atoms with van der Waals surface area (Å²) in [5, 5.41) is 2.72. The van der Waals surface area contributed by atoms with E-state index in [4.69, 9.17) is 0 Å². The molecule has 1 fully saturated rings. The largest absolute Gasteiger partial charge is 0.352 e. The lowest BCUT2D eigenvalue weighted by molar-refractivity contribution is 0.0953. The van der Waals surface area contributed by atoms with E-state index in [-0.39, 0.29) is 22.3 Å². The van der Waals surface area contributed by atoms with Gasteiger partial charge in [0.15, 0.2) is 9.84 Å². The SMILES string of the molecule is CCCNC(=O)c1ccc(S(=O)(=O)N(C)C2CCS(=O)(=O)C2)cc1. The van der Waals surface area contributed by atoms with E-state index in [1.165, 1.54) is 31.3 Å². The van der Waals surface area contributed by atoms with Crippen LogP contribution in [-0.4, -0.2) is 58.2 Å². The van der Waals surface area contributed by atoms with Gasteiger partial charge in [-0.15, -0.1) is 0 Å². The fourth-order valence-electron chi connectivity index (χ4n) is 2.54. The van der Waals surface area contributed by atoms with Gasteiger partial charge in [0, 0.05) is 25.2 Å². The molecule has 24 heavy (non-hydrogen) atoms. The molecule has 1 atom stereocenters. The van der Waals surface area contributed by atoms with E-state index in [2.05, 4.69) is 5.32 Å². The van der Waals surface area contributed by atoms with E-state index < -0.39 is 25.9 Å². The summed E-state index contributed by atoms with van der Waals surface area (Å²) in [6.07, 6.45) is 1.11. The van der Waals surface area contributed by atoms with Crippen LogP contribution in [0.4, 0.5) is 0 Å². The topological polar surface area (TPSA) is 101 Å². The second-order valence-corrected chi connectivity index (χ2v) is 10.1. The average molecular weight is 374 g/mol. The van der Waals surface area contributed by atoms with Crippen LogP contribution in [0.2, 0.25) is 0 Å². The molecular weight excluding hydrogens is 352 g/mol. The Hall–Kier alpha value is -1.45. The highest BCUT2D eigenvalue weighted by Crippen LogP contribution is 2.23. The first kappa shape index (κ1) is 18.9. The summed E-state index contributed by atoms with van der Waals surface area (Å²) in [6, 6.07) is 5.10. The number of carbonyl (C=O) groups excluding carboxylic acids is 1. The number of nitrogens with one attached hydrogen (secondary N) is 1. The van der Waals surface area contributed by atoms with Crippen LogP contribution in [-0.2, 0) is 19.9 Å². The van der Waals surface area contributed by atoms with Crippen molar-refractivity contribution in [2.45, 2.75) is 30.7 Å². The van der Waals surface area contributed by atoms with Crippen molar-refractivity contribution in [1.82, 2.24) is 9.62 Å². The molecule has 0 bridgehead atoms. The van der Waals surface area contributed by atoms with Gasteiger partial charge in [-0.25, -0.2) is 16.8 Å². The maximum atomic E-state index is 12.6. The zero-order valence-corrected chi connectivity index (χ0v) is 15.4. The molecule has 1 amide bonds. The van der Waals surface area contributed by atoms with Crippen molar-refractivity contribution in [2.24, 2.45) is 0 Å². The summed E-state index contributed by atoms with van der Waals surface area (Å²) >= 11 is 0. The zero-order valence-electron chi connectivity index (χ0n) is 13.7. The van der Waals surface area contributed by atoms with Crippen LogP contribution in [0.25, 0.3) is 0 Å². The standard InChI is InChI=1S/C15H22N2O5S2/c1-3-9-16-15(18)12-4-6-14(7-5-12)24(21,22)17(2)13-8-10-23(19,20)11-13/h4-7,13H,3,8-11H2,1-2H3,(H,16,18). The molecule has 1 aromatic carbocycles. The molecule has 7 nitrogen and oxygen atoms in total. The molecule has 1 aromatic rings. The van der Waals surface area contributed by atoms with Crippen LogP contribution in [0.3, 0.4) is 0 Å². The number of benzene rings is 1. The Balaban J connectivity index is 2.16. The normalized spacial score (nSPS) is 20.2. The molecule has 1 heterocycles. The molecule has 0 aromatic heterocycles. The predicted octanol–water partition coefficient (Wildman–Crippen LogP) is 0.634. The Bertz CT molecular complexity index is 801. The number of sulfone groups is 1. The van der Waals surface area contributed by atoms with Gasteiger partial charge in [-0.05, 0) is 37.1 Å². The van der Waals surface area contributed by atoms with Crippen molar-refractivity contribution in [1.29, 1.82) is 0 Å². The molecule has 1 saturated heterocycles. The van der Waals surface area contributed by atoms with Crippen LogP contribution >= 0.6 is 0 Å². The Morgan fingerprint density at radius 3 is 2.42 bits per heavy atom. The molecule has 1 unspecified atom stereocenters. The van der Waals surface area contributed by atoms with Gasteiger partial charge in [0.1, 0.15) is 0 Å². The van der Waals surface area contributed by atoms with E-state index in [1.807, 2.05) is 6.92 Å². The molecule has 1 aliphatic heterocycles. The van der Waals surface area contributed by atoms with Crippen LogP contribution in [0.5, 0.6) is 0 Å². The second kappa shape index (κ2) is 7.20. The third kappa shape index (κ3) is 4.14. The lowest BCUT2D eigenvalue weighted by Crippen LogP contribution is -2.37. The van der Waals surface area contributed by atoms with Gasteiger partial charge >= 0.3 is 0 Å². The summed E-state index contributed by atoms with van der Waals surface area (Å²) < 4.78 is 49.4. The maximum absolute atomic E-state index is 12.6. The molecule has 0 aliphatic carbocycles. The van der Waals surface area contributed by atoms with E-state index in [9.17, 15) is 21.6 Å². The van der Waals surface area contributed by atoms with Crippen molar-refractivity contribution in [3.8, 4) is 0 Å². The lowest BCUT2D eigenvalue weighted by Gasteiger charge is -2.22. The summed E-state index contributed by atoms with van der Waals surface area (Å²) in [5.41, 5.74) is 0.383. The van der Waals surface area contributed by atoms with E-state index in [1.54, 1.807) is 0 Å². The molecule has 0 radical (unpaired) electrons. The highest BCUT2D eigenvalue weighted by Gasteiger charge is 2.36. The molecular formula is C15H22N2O5S2. The number of hydrogen-bond acceptors (Lipinski definition) is 5. The Kier molecular flexibility index (Phi) is 5.67. The minimum absolute atomic E-state index is 0.00800. The van der Waals surface area contributed by atoms with Crippen molar-refractivity contribution in [3.63, 3.8) is 0 Å². The zero-order chi connectivity index (χ0) is 18.0. The van der Waals surface area contributed by atoms with Gasteiger partial charge in [0.05, 0.1) is 16.4 Å². The number of hydrogen-bond donors (Lipinski definition) is 1. The first-order valence-corrected chi connectivity index (χ1v) is 11.0. The minimum atomic E-state index is -3.79. The van der Waals surface area contributed by atoms with Crippen molar-refractivity contribution < 1.29 is 21.6 Å². The Labute approximate surface area is 143 Å². The van der Waals surface area contributed by atoms with E-state index in [0.717, 1.165) is 10.7 Å². The van der Waals surface area contributed by atoms with Crippen molar-refractivity contribution in [3.05, 3.63) is 29.8 Å². The summed E-state index contributed by atoms with van der Waals surface area (Å²) in [4.78, 5) is 11.9. The highest BCUT2D eigenvalue weighted by molar-refractivity contribution is 7.92. The first-order valence-electron chi connectivity index (χ1n) is 7.74. The quantitative estimate of drug-likeness (QED) is 0.787. The number of sulfonamides is 1. The molecule has 134 valence electrons. The third-order valence-corrected chi connectivity index (χ3v) is 7.73. The Morgan fingerprint density at radius 1 is 1.29 bits per heavy atom. The van der Waals surface area contributed by atoms with Crippen LogP contribution in [0, 0.1) is 0 Å². The van der Waals surface area contributed by atoms with Gasteiger partial charge < -0.3 is 5.32 Å². The molecule has 2 rings (SSSR count). The van der Waals surface area contributed by atoms with Gasteiger partial charge in [-0.2, -0.15) is 4.31 Å². The first-order chi connectivity index (χ1) is 11.2. The van der Waals surface area contributed by atoms with Gasteiger partial charge in [0.25, 0.3) is 5.91 Å². The lowest BCUT2D eigenvalue weighted by atomic mass is 10.2.